The first-order valence-electron chi connectivity index (χ1n) is 7.13. The first-order chi connectivity index (χ1) is 10.1. The lowest BCUT2D eigenvalue weighted by Crippen LogP contribution is -2.06. The molecule has 2 aromatic rings. The van der Waals surface area contributed by atoms with Gasteiger partial charge in [0, 0.05) is 11.4 Å². The zero-order chi connectivity index (χ0) is 15.2. The van der Waals surface area contributed by atoms with Crippen molar-refractivity contribution in [1.29, 1.82) is 0 Å². The largest absolute Gasteiger partial charge is 0.493 e. The summed E-state index contributed by atoms with van der Waals surface area (Å²) in [5, 5.41) is 3.21. The summed E-state index contributed by atoms with van der Waals surface area (Å²) in [7, 11) is 1.63. The molecule has 2 N–H and O–H groups in total. The highest BCUT2D eigenvalue weighted by atomic mass is 32.1. The van der Waals surface area contributed by atoms with Crippen LogP contribution in [0.4, 0.5) is 0 Å². The van der Waals surface area contributed by atoms with Crippen molar-refractivity contribution in [2.24, 2.45) is 5.73 Å². The Hall–Kier alpha value is -1.59. The summed E-state index contributed by atoms with van der Waals surface area (Å²) in [6, 6.07) is 5.76. The van der Waals surface area contributed by atoms with Crippen LogP contribution in [-0.2, 0) is 13.0 Å². The molecule has 21 heavy (non-hydrogen) atoms. The van der Waals surface area contributed by atoms with Crippen molar-refractivity contribution in [1.82, 2.24) is 4.98 Å². The molecule has 1 aromatic carbocycles. The molecule has 0 saturated heterocycles. The molecular weight excluding hydrogens is 284 g/mol. The summed E-state index contributed by atoms with van der Waals surface area (Å²) >= 11 is 1.69. The Balaban J connectivity index is 2.04. The maximum atomic E-state index is 5.88. The summed E-state index contributed by atoms with van der Waals surface area (Å²) in [5.41, 5.74) is 7.86. The summed E-state index contributed by atoms with van der Waals surface area (Å²) in [6.07, 6.45) is 2.14. The number of nitrogens with zero attached hydrogens (tertiary/aromatic N) is 1. The number of rotatable bonds is 7. The molecule has 5 heteroatoms. The smallest absolute Gasteiger partial charge is 0.161 e. The van der Waals surface area contributed by atoms with E-state index in [0.29, 0.717) is 18.1 Å². The van der Waals surface area contributed by atoms with Crippen LogP contribution < -0.4 is 15.2 Å². The first kappa shape index (κ1) is 15.8. The van der Waals surface area contributed by atoms with Crippen LogP contribution >= 0.6 is 11.3 Å². The molecule has 0 amide bonds. The monoisotopic (exact) mass is 306 g/mol. The number of ether oxygens (including phenoxy) is 2. The van der Waals surface area contributed by atoms with Gasteiger partial charge in [-0.05, 0) is 37.5 Å². The Morgan fingerprint density at radius 1 is 1.33 bits per heavy atom. The topological polar surface area (TPSA) is 57.4 Å². The summed E-state index contributed by atoms with van der Waals surface area (Å²) < 4.78 is 11.2. The number of hydrogen-bond donors (Lipinski definition) is 1. The third-order valence-electron chi connectivity index (χ3n) is 3.15. The van der Waals surface area contributed by atoms with Crippen molar-refractivity contribution in [3.8, 4) is 11.5 Å². The zero-order valence-electron chi connectivity index (χ0n) is 12.8. The molecule has 0 bridgehead atoms. The van der Waals surface area contributed by atoms with Gasteiger partial charge < -0.3 is 15.2 Å². The van der Waals surface area contributed by atoms with E-state index in [1.165, 1.54) is 0 Å². The Kier molecular flexibility index (Phi) is 5.59. The van der Waals surface area contributed by atoms with Gasteiger partial charge in [-0.2, -0.15) is 0 Å². The highest BCUT2D eigenvalue weighted by Gasteiger charge is 2.09. The maximum absolute atomic E-state index is 5.88. The van der Waals surface area contributed by atoms with E-state index in [1.54, 1.807) is 18.4 Å². The number of nitrogens with two attached hydrogens (primary N) is 1. The van der Waals surface area contributed by atoms with E-state index in [4.69, 9.17) is 15.2 Å². The van der Waals surface area contributed by atoms with E-state index in [2.05, 4.69) is 11.9 Å². The lowest BCUT2D eigenvalue weighted by Gasteiger charge is -2.13. The average Bonchev–Trinajstić information content (AvgIpc) is 2.93. The second kappa shape index (κ2) is 7.43. The minimum absolute atomic E-state index is 0.0249. The molecular formula is C16H22N2O2S. The standard InChI is InChI=1S/C16H22N2O2S/c1-4-5-16-18-13(10-21-16)9-20-14-7-6-12(11(2)17)8-15(14)19-3/h6-8,10-11H,4-5,9,17H2,1-3H3/t11-/m0/s1. The van der Waals surface area contributed by atoms with Crippen LogP contribution in [0.1, 0.15) is 42.6 Å². The molecule has 0 aliphatic rings. The number of benzene rings is 1. The molecule has 114 valence electrons. The van der Waals surface area contributed by atoms with Crippen molar-refractivity contribution in [3.63, 3.8) is 0 Å². The minimum atomic E-state index is -0.0249. The van der Waals surface area contributed by atoms with Gasteiger partial charge in [0.1, 0.15) is 6.61 Å². The van der Waals surface area contributed by atoms with Crippen molar-refractivity contribution in [3.05, 3.63) is 39.8 Å². The summed E-state index contributed by atoms with van der Waals surface area (Å²) in [4.78, 5) is 4.55. The van der Waals surface area contributed by atoms with Gasteiger partial charge in [0.2, 0.25) is 0 Å². The van der Waals surface area contributed by atoms with Gasteiger partial charge in [-0.15, -0.1) is 11.3 Å². The molecule has 0 spiro atoms. The van der Waals surface area contributed by atoms with E-state index >= 15 is 0 Å². The normalized spacial score (nSPS) is 12.2. The predicted octanol–water partition coefficient (Wildman–Crippen LogP) is 3.70. The van der Waals surface area contributed by atoms with E-state index in [9.17, 15) is 0 Å². The Morgan fingerprint density at radius 3 is 2.81 bits per heavy atom. The molecule has 4 nitrogen and oxygen atoms in total. The number of hydrogen-bond acceptors (Lipinski definition) is 5. The average molecular weight is 306 g/mol. The lowest BCUT2D eigenvalue weighted by atomic mass is 10.1. The third-order valence-corrected chi connectivity index (χ3v) is 4.11. The van der Waals surface area contributed by atoms with Crippen molar-refractivity contribution in [2.45, 2.75) is 39.3 Å². The minimum Gasteiger partial charge on any atom is -0.493 e. The van der Waals surface area contributed by atoms with E-state index in [0.717, 1.165) is 29.1 Å². The van der Waals surface area contributed by atoms with Crippen LogP contribution in [0.15, 0.2) is 23.6 Å². The number of aromatic nitrogens is 1. The molecule has 0 radical (unpaired) electrons. The van der Waals surface area contributed by atoms with Gasteiger partial charge in [0.05, 0.1) is 17.8 Å². The van der Waals surface area contributed by atoms with Crippen molar-refractivity contribution in [2.75, 3.05) is 7.11 Å². The third kappa shape index (κ3) is 4.19. The fraction of sp³-hybridized carbons (Fsp3) is 0.438. The fourth-order valence-corrected chi connectivity index (χ4v) is 2.87. The molecule has 0 aliphatic heterocycles. The van der Waals surface area contributed by atoms with Gasteiger partial charge in [-0.3, -0.25) is 0 Å². The molecule has 1 aromatic heterocycles. The van der Waals surface area contributed by atoms with Crippen LogP contribution in [0.2, 0.25) is 0 Å². The molecule has 0 aliphatic carbocycles. The number of thiazole rings is 1. The van der Waals surface area contributed by atoms with Gasteiger partial charge in [0.25, 0.3) is 0 Å². The molecule has 1 atom stereocenters. The maximum Gasteiger partial charge on any atom is 0.161 e. The van der Waals surface area contributed by atoms with Gasteiger partial charge >= 0.3 is 0 Å². The molecule has 0 unspecified atom stereocenters. The SMILES string of the molecule is CCCc1nc(COc2ccc([C@H](C)N)cc2OC)cs1. The Labute approximate surface area is 129 Å². The van der Waals surface area contributed by atoms with E-state index in [1.807, 2.05) is 30.5 Å². The highest BCUT2D eigenvalue weighted by molar-refractivity contribution is 7.09. The molecule has 0 fully saturated rings. The number of aryl methyl sites for hydroxylation is 1. The van der Waals surface area contributed by atoms with Crippen LogP contribution in [0.3, 0.4) is 0 Å². The van der Waals surface area contributed by atoms with Crippen LogP contribution in [0.5, 0.6) is 11.5 Å². The van der Waals surface area contributed by atoms with Crippen LogP contribution in [0.25, 0.3) is 0 Å². The molecule has 1 heterocycles. The fourth-order valence-electron chi connectivity index (χ4n) is 1.98. The van der Waals surface area contributed by atoms with Gasteiger partial charge in [0.15, 0.2) is 11.5 Å². The zero-order valence-corrected chi connectivity index (χ0v) is 13.6. The highest BCUT2D eigenvalue weighted by Crippen LogP contribution is 2.30. The van der Waals surface area contributed by atoms with Crippen molar-refractivity contribution < 1.29 is 9.47 Å². The van der Waals surface area contributed by atoms with E-state index in [-0.39, 0.29) is 6.04 Å². The predicted molar refractivity (Wildman–Crippen MR) is 86.0 cm³/mol. The van der Waals surface area contributed by atoms with Gasteiger partial charge in [-0.25, -0.2) is 4.98 Å². The molecule has 2 rings (SSSR count). The second-order valence-electron chi connectivity index (χ2n) is 4.97. The molecule has 0 saturated carbocycles. The van der Waals surface area contributed by atoms with Crippen molar-refractivity contribution >= 4 is 11.3 Å². The van der Waals surface area contributed by atoms with Crippen LogP contribution in [0, 0.1) is 0 Å². The lowest BCUT2D eigenvalue weighted by molar-refractivity contribution is 0.281. The van der Waals surface area contributed by atoms with E-state index < -0.39 is 0 Å². The number of methoxy groups -OCH3 is 1. The summed E-state index contributed by atoms with van der Waals surface area (Å²) in [6.45, 7) is 4.55. The summed E-state index contributed by atoms with van der Waals surface area (Å²) in [5.74, 6) is 1.42. The second-order valence-corrected chi connectivity index (χ2v) is 5.91. The van der Waals surface area contributed by atoms with Crippen LogP contribution in [-0.4, -0.2) is 12.1 Å². The van der Waals surface area contributed by atoms with Gasteiger partial charge in [-0.1, -0.05) is 13.0 Å². The Bertz CT molecular complexity index is 581. The quantitative estimate of drug-likeness (QED) is 0.847. The Morgan fingerprint density at radius 2 is 2.14 bits per heavy atom. The first-order valence-corrected chi connectivity index (χ1v) is 8.01.